The first-order valence-corrected chi connectivity index (χ1v) is 12.2. The van der Waals surface area contributed by atoms with Crippen LogP contribution >= 0.6 is 11.6 Å². The summed E-state index contributed by atoms with van der Waals surface area (Å²) < 4.78 is 11.2. The summed E-state index contributed by atoms with van der Waals surface area (Å²) in [4.78, 5) is 22.8. The Morgan fingerprint density at radius 2 is 1.53 bits per heavy atom. The third-order valence-corrected chi connectivity index (χ3v) is 5.61. The molecule has 3 rings (SSSR count). The summed E-state index contributed by atoms with van der Waals surface area (Å²) >= 11 is 6.26. The molecule has 0 N–H and O–H groups in total. The molecule has 0 radical (unpaired) electrons. The number of nitro groups is 1. The summed E-state index contributed by atoms with van der Waals surface area (Å²) in [6, 6.07) is 17.1. The first kappa shape index (κ1) is 26.8. The monoisotopic (exact) mass is 509 g/mol. The number of non-ortho nitro benzene ring substituents is 1. The number of benzene rings is 3. The second kappa shape index (κ2) is 13.9. The predicted octanol–water partition coefficient (Wildman–Crippen LogP) is 8.62. The van der Waals surface area contributed by atoms with Crippen molar-refractivity contribution >= 4 is 34.6 Å². The number of nitro benzene ring substituents is 1. The van der Waals surface area contributed by atoms with Gasteiger partial charge in [0, 0.05) is 12.1 Å². The molecule has 8 nitrogen and oxygen atoms in total. The van der Waals surface area contributed by atoms with E-state index in [4.69, 9.17) is 21.1 Å². The Morgan fingerprint density at radius 1 is 0.889 bits per heavy atom. The van der Waals surface area contributed by atoms with Crippen molar-refractivity contribution in [3.63, 3.8) is 0 Å². The van der Waals surface area contributed by atoms with Crippen molar-refractivity contribution in [2.45, 2.75) is 45.4 Å². The van der Waals surface area contributed by atoms with Crippen LogP contribution in [0.15, 0.2) is 77.0 Å². The largest absolute Gasteiger partial charge is 0.494 e. The van der Waals surface area contributed by atoms with E-state index in [2.05, 4.69) is 17.2 Å². The van der Waals surface area contributed by atoms with Gasteiger partial charge in [0.1, 0.15) is 11.5 Å². The SMILES string of the molecule is CCCCCCCCOc1ccc(C(=O)Oc2ccc(N=Nc3ccc([N+](=O)[O-])cc3)cc2Cl)cc1. The Kier molecular flexibility index (Phi) is 10.4. The van der Waals surface area contributed by atoms with Crippen molar-refractivity contribution in [2.75, 3.05) is 6.61 Å². The number of halogens is 1. The molecule has 0 fully saturated rings. The van der Waals surface area contributed by atoms with Gasteiger partial charge in [-0.25, -0.2) is 4.79 Å². The molecule has 188 valence electrons. The highest BCUT2D eigenvalue weighted by Crippen LogP contribution is 2.31. The van der Waals surface area contributed by atoms with E-state index in [9.17, 15) is 14.9 Å². The highest BCUT2D eigenvalue weighted by atomic mass is 35.5. The van der Waals surface area contributed by atoms with E-state index in [0.717, 1.165) is 12.8 Å². The van der Waals surface area contributed by atoms with Crippen molar-refractivity contribution in [2.24, 2.45) is 10.2 Å². The second-order valence-corrected chi connectivity index (χ2v) is 8.53. The number of hydrogen-bond donors (Lipinski definition) is 0. The Morgan fingerprint density at radius 3 is 2.19 bits per heavy atom. The van der Waals surface area contributed by atoms with E-state index < -0.39 is 10.9 Å². The van der Waals surface area contributed by atoms with Gasteiger partial charge in [0.25, 0.3) is 5.69 Å². The van der Waals surface area contributed by atoms with E-state index in [1.165, 1.54) is 62.1 Å². The molecule has 0 saturated heterocycles. The van der Waals surface area contributed by atoms with Crippen LogP contribution in [0.25, 0.3) is 0 Å². The molecular weight excluding hydrogens is 482 g/mol. The molecule has 36 heavy (non-hydrogen) atoms. The highest BCUT2D eigenvalue weighted by molar-refractivity contribution is 6.32. The first-order chi connectivity index (χ1) is 17.5. The molecule has 0 spiro atoms. The van der Waals surface area contributed by atoms with Crippen molar-refractivity contribution in [3.05, 3.63) is 87.4 Å². The van der Waals surface area contributed by atoms with Gasteiger partial charge in [-0.15, -0.1) is 0 Å². The maximum atomic E-state index is 12.5. The smallest absolute Gasteiger partial charge is 0.343 e. The van der Waals surface area contributed by atoms with Crippen LogP contribution in [-0.2, 0) is 0 Å². The van der Waals surface area contributed by atoms with Gasteiger partial charge in [0.05, 0.1) is 33.5 Å². The molecular formula is C27H28ClN3O5. The summed E-state index contributed by atoms with van der Waals surface area (Å²) in [5.41, 5.74) is 1.23. The lowest BCUT2D eigenvalue weighted by molar-refractivity contribution is -0.384. The number of hydrogen-bond acceptors (Lipinski definition) is 7. The third-order valence-electron chi connectivity index (χ3n) is 5.32. The maximum absolute atomic E-state index is 12.5. The first-order valence-electron chi connectivity index (χ1n) is 11.9. The van der Waals surface area contributed by atoms with Gasteiger partial charge >= 0.3 is 5.97 Å². The van der Waals surface area contributed by atoms with E-state index in [1.54, 1.807) is 30.3 Å². The minimum atomic E-state index is -0.542. The molecule has 0 unspecified atom stereocenters. The Bertz CT molecular complexity index is 1180. The predicted molar refractivity (Wildman–Crippen MR) is 139 cm³/mol. The molecule has 0 bridgehead atoms. The number of esters is 1. The molecule has 0 saturated carbocycles. The Labute approximate surface area is 215 Å². The van der Waals surface area contributed by atoms with E-state index >= 15 is 0 Å². The summed E-state index contributed by atoms with van der Waals surface area (Å²) in [5.74, 6) is 0.361. The van der Waals surface area contributed by atoms with Crippen LogP contribution in [0.2, 0.25) is 5.02 Å². The van der Waals surface area contributed by atoms with Crippen LogP contribution in [0.1, 0.15) is 55.8 Å². The van der Waals surface area contributed by atoms with Crippen molar-refractivity contribution in [1.82, 2.24) is 0 Å². The Hall–Kier alpha value is -3.78. The molecule has 0 aromatic heterocycles. The third kappa shape index (κ3) is 8.46. The zero-order chi connectivity index (χ0) is 25.8. The van der Waals surface area contributed by atoms with E-state index in [-0.39, 0.29) is 16.5 Å². The van der Waals surface area contributed by atoms with E-state index in [0.29, 0.717) is 29.3 Å². The summed E-state index contributed by atoms with van der Waals surface area (Å²) in [6.45, 7) is 2.86. The van der Waals surface area contributed by atoms with Crippen molar-refractivity contribution in [3.8, 4) is 11.5 Å². The zero-order valence-corrected chi connectivity index (χ0v) is 20.8. The van der Waals surface area contributed by atoms with Crippen LogP contribution in [0, 0.1) is 10.1 Å². The number of nitrogens with zero attached hydrogens (tertiary/aromatic N) is 3. The molecule has 0 aliphatic heterocycles. The minimum Gasteiger partial charge on any atom is -0.494 e. The van der Waals surface area contributed by atoms with Gasteiger partial charge in [-0.3, -0.25) is 10.1 Å². The number of unbranched alkanes of at least 4 members (excludes halogenated alkanes) is 5. The van der Waals surface area contributed by atoms with Crippen LogP contribution in [0.4, 0.5) is 17.1 Å². The molecule has 0 atom stereocenters. The number of carbonyl (C=O) groups excluding carboxylic acids is 1. The topological polar surface area (TPSA) is 103 Å². The fourth-order valence-corrected chi connectivity index (χ4v) is 3.52. The molecule has 0 aliphatic rings. The van der Waals surface area contributed by atoms with Crippen molar-refractivity contribution < 1.29 is 19.2 Å². The fourth-order valence-electron chi connectivity index (χ4n) is 3.31. The van der Waals surface area contributed by atoms with Crippen LogP contribution in [0.3, 0.4) is 0 Å². The summed E-state index contributed by atoms with van der Waals surface area (Å²) in [7, 11) is 0. The quantitative estimate of drug-likeness (QED) is 0.0572. The molecule has 0 amide bonds. The molecule has 3 aromatic carbocycles. The molecule has 3 aromatic rings. The second-order valence-electron chi connectivity index (χ2n) is 8.12. The standard InChI is InChI=1S/C27H28ClN3O5/c1-2-3-4-5-6-7-18-35-24-15-8-20(9-16-24)27(32)36-26-17-12-22(19-25(26)28)30-29-21-10-13-23(14-11-21)31(33)34/h8-17,19H,2-7,18H2,1H3. The van der Waals surface area contributed by atoms with Crippen LogP contribution in [0.5, 0.6) is 11.5 Å². The van der Waals surface area contributed by atoms with Crippen LogP contribution < -0.4 is 9.47 Å². The van der Waals surface area contributed by atoms with Gasteiger partial charge in [-0.1, -0.05) is 50.6 Å². The average Bonchev–Trinajstić information content (AvgIpc) is 2.89. The zero-order valence-electron chi connectivity index (χ0n) is 20.1. The summed E-state index contributed by atoms with van der Waals surface area (Å²) in [5, 5.41) is 19.0. The Balaban J connectivity index is 1.50. The summed E-state index contributed by atoms with van der Waals surface area (Å²) in [6.07, 6.45) is 7.18. The van der Waals surface area contributed by atoms with Gasteiger partial charge in [-0.05, 0) is 61.0 Å². The van der Waals surface area contributed by atoms with Crippen LogP contribution in [-0.4, -0.2) is 17.5 Å². The lowest BCUT2D eigenvalue weighted by atomic mass is 10.1. The van der Waals surface area contributed by atoms with Gasteiger partial charge in [0.15, 0.2) is 0 Å². The number of rotatable bonds is 13. The van der Waals surface area contributed by atoms with Gasteiger partial charge in [-0.2, -0.15) is 10.2 Å². The molecule has 9 heteroatoms. The number of ether oxygens (including phenoxy) is 2. The number of azo groups is 1. The average molecular weight is 510 g/mol. The maximum Gasteiger partial charge on any atom is 0.343 e. The molecule has 0 heterocycles. The normalized spacial score (nSPS) is 10.9. The van der Waals surface area contributed by atoms with Gasteiger partial charge in [0.2, 0.25) is 0 Å². The molecule has 0 aliphatic carbocycles. The highest BCUT2D eigenvalue weighted by Gasteiger charge is 2.12. The number of carbonyl (C=O) groups is 1. The lowest BCUT2D eigenvalue weighted by Crippen LogP contribution is -2.08. The fraction of sp³-hybridized carbons (Fsp3) is 0.296. The van der Waals surface area contributed by atoms with E-state index in [1.807, 2.05) is 0 Å². The minimum absolute atomic E-state index is 0.0292. The van der Waals surface area contributed by atoms with Gasteiger partial charge < -0.3 is 9.47 Å². The lowest BCUT2D eigenvalue weighted by Gasteiger charge is -2.09. The van der Waals surface area contributed by atoms with Crippen molar-refractivity contribution in [1.29, 1.82) is 0 Å².